The van der Waals surface area contributed by atoms with Crippen LogP contribution >= 0.6 is 0 Å². The molecule has 1 aromatic carbocycles. The number of nitrogens with one attached hydrogen (secondary N) is 1. The summed E-state index contributed by atoms with van der Waals surface area (Å²) in [6, 6.07) is 8.69. The molecule has 0 atom stereocenters. The number of hydrogen-bond donors (Lipinski definition) is 1. The van der Waals surface area contributed by atoms with Crippen molar-refractivity contribution in [3.63, 3.8) is 0 Å². The molecular formula is C17H29N3. The summed E-state index contributed by atoms with van der Waals surface area (Å²) in [4.78, 5) is 5.06. The smallest absolute Gasteiger partial charge is 0.0281 e. The summed E-state index contributed by atoms with van der Waals surface area (Å²) in [7, 11) is 2.23. The third-order valence-electron chi connectivity index (χ3n) is 4.33. The van der Waals surface area contributed by atoms with Crippen LogP contribution in [0.4, 0.5) is 0 Å². The fraction of sp³-hybridized carbons (Fsp3) is 0.647. The Balaban J connectivity index is 1.93. The molecule has 3 nitrogen and oxygen atoms in total. The van der Waals surface area contributed by atoms with E-state index >= 15 is 0 Å². The van der Waals surface area contributed by atoms with Crippen LogP contribution in [0, 0.1) is 6.92 Å². The first kappa shape index (κ1) is 15.5. The summed E-state index contributed by atoms with van der Waals surface area (Å²) in [5.41, 5.74) is 3.06. The highest BCUT2D eigenvalue weighted by Gasteiger charge is 2.28. The highest BCUT2D eigenvalue weighted by Crippen LogP contribution is 2.18. The molecule has 1 aliphatic rings. The van der Waals surface area contributed by atoms with Crippen LogP contribution in [0.1, 0.15) is 25.0 Å². The van der Waals surface area contributed by atoms with E-state index in [4.69, 9.17) is 0 Å². The van der Waals surface area contributed by atoms with Gasteiger partial charge >= 0.3 is 0 Å². The highest BCUT2D eigenvalue weighted by molar-refractivity contribution is 5.25. The molecule has 1 fully saturated rings. The van der Waals surface area contributed by atoms with Crippen molar-refractivity contribution in [3.8, 4) is 0 Å². The molecule has 1 heterocycles. The SMILES string of the molecule is Cc1ccccc1CN(C)CC(C)(C)N1CCNCC1. The molecule has 0 amide bonds. The molecule has 0 aliphatic carbocycles. The van der Waals surface area contributed by atoms with Crippen LogP contribution in [0.15, 0.2) is 24.3 Å². The van der Waals surface area contributed by atoms with Gasteiger partial charge in [0, 0.05) is 44.8 Å². The maximum absolute atomic E-state index is 3.43. The Hall–Kier alpha value is -0.900. The Morgan fingerprint density at radius 3 is 2.50 bits per heavy atom. The minimum absolute atomic E-state index is 0.236. The Morgan fingerprint density at radius 2 is 1.85 bits per heavy atom. The first-order valence-electron chi connectivity index (χ1n) is 7.68. The number of benzene rings is 1. The lowest BCUT2D eigenvalue weighted by atomic mass is 10.00. The fourth-order valence-electron chi connectivity index (χ4n) is 3.16. The topological polar surface area (TPSA) is 18.5 Å². The minimum Gasteiger partial charge on any atom is -0.314 e. The van der Waals surface area contributed by atoms with E-state index in [1.807, 2.05) is 0 Å². The van der Waals surface area contributed by atoms with Crippen LogP contribution in [0.25, 0.3) is 0 Å². The molecule has 2 rings (SSSR count). The Morgan fingerprint density at radius 1 is 1.20 bits per heavy atom. The van der Waals surface area contributed by atoms with Gasteiger partial charge in [0.2, 0.25) is 0 Å². The Kier molecular flexibility index (Phi) is 5.19. The first-order chi connectivity index (χ1) is 9.49. The summed E-state index contributed by atoms with van der Waals surface area (Å²) in [6.07, 6.45) is 0. The van der Waals surface area contributed by atoms with Gasteiger partial charge in [0.15, 0.2) is 0 Å². The third-order valence-corrected chi connectivity index (χ3v) is 4.33. The molecule has 1 N–H and O–H groups in total. The Labute approximate surface area is 124 Å². The summed E-state index contributed by atoms with van der Waals surface area (Å²) in [5, 5.41) is 3.43. The fourth-order valence-corrected chi connectivity index (χ4v) is 3.16. The minimum atomic E-state index is 0.236. The lowest BCUT2D eigenvalue weighted by Gasteiger charge is -2.43. The molecule has 20 heavy (non-hydrogen) atoms. The van der Waals surface area contributed by atoms with E-state index in [0.29, 0.717) is 0 Å². The van der Waals surface area contributed by atoms with Gasteiger partial charge in [-0.15, -0.1) is 0 Å². The van der Waals surface area contributed by atoms with Gasteiger partial charge in [-0.1, -0.05) is 24.3 Å². The van der Waals surface area contributed by atoms with Crippen molar-refractivity contribution in [3.05, 3.63) is 35.4 Å². The normalized spacial score (nSPS) is 17.6. The van der Waals surface area contributed by atoms with Crippen molar-refractivity contribution in [2.75, 3.05) is 39.8 Å². The molecule has 0 radical (unpaired) electrons. The van der Waals surface area contributed by atoms with Gasteiger partial charge in [-0.25, -0.2) is 0 Å². The molecule has 0 bridgehead atoms. The summed E-state index contributed by atoms with van der Waals surface area (Å²) in [5.74, 6) is 0. The molecule has 1 aromatic rings. The van der Waals surface area contributed by atoms with E-state index in [-0.39, 0.29) is 5.54 Å². The average molecular weight is 275 g/mol. The zero-order valence-corrected chi connectivity index (χ0v) is 13.4. The van der Waals surface area contributed by atoms with Crippen molar-refractivity contribution >= 4 is 0 Å². The van der Waals surface area contributed by atoms with Gasteiger partial charge in [-0.05, 0) is 38.9 Å². The van der Waals surface area contributed by atoms with E-state index in [9.17, 15) is 0 Å². The van der Waals surface area contributed by atoms with Crippen molar-refractivity contribution in [2.24, 2.45) is 0 Å². The van der Waals surface area contributed by atoms with Gasteiger partial charge in [0.25, 0.3) is 0 Å². The summed E-state index contributed by atoms with van der Waals surface area (Å²) >= 11 is 0. The van der Waals surface area contributed by atoms with Crippen molar-refractivity contribution in [2.45, 2.75) is 32.9 Å². The molecule has 3 heteroatoms. The maximum atomic E-state index is 3.43. The second-order valence-corrected chi connectivity index (χ2v) is 6.65. The third kappa shape index (κ3) is 4.05. The van der Waals surface area contributed by atoms with Crippen molar-refractivity contribution in [1.82, 2.24) is 15.1 Å². The number of nitrogens with zero attached hydrogens (tertiary/aromatic N) is 2. The number of hydrogen-bond acceptors (Lipinski definition) is 3. The standard InChI is InChI=1S/C17H29N3/c1-15-7-5-6-8-16(15)13-19(4)14-17(2,3)20-11-9-18-10-12-20/h5-8,18H,9-14H2,1-4H3. The average Bonchev–Trinajstić information content (AvgIpc) is 2.42. The Bertz CT molecular complexity index is 422. The largest absolute Gasteiger partial charge is 0.314 e. The molecule has 0 aromatic heterocycles. The highest BCUT2D eigenvalue weighted by atomic mass is 15.3. The molecular weight excluding hydrogens is 246 g/mol. The van der Waals surface area contributed by atoms with Crippen LogP contribution in [0.5, 0.6) is 0 Å². The second-order valence-electron chi connectivity index (χ2n) is 6.65. The molecule has 1 saturated heterocycles. The number of aryl methyl sites for hydroxylation is 1. The number of likely N-dealkylation sites (N-methyl/N-ethyl adjacent to an activating group) is 1. The van der Waals surface area contributed by atoms with Gasteiger partial charge in [0.1, 0.15) is 0 Å². The van der Waals surface area contributed by atoms with Crippen LogP contribution < -0.4 is 5.32 Å². The summed E-state index contributed by atoms with van der Waals surface area (Å²) < 4.78 is 0. The molecule has 112 valence electrons. The zero-order valence-electron chi connectivity index (χ0n) is 13.4. The van der Waals surface area contributed by atoms with Gasteiger partial charge in [0.05, 0.1) is 0 Å². The van der Waals surface area contributed by atoms with Gasteiger partial charge in [-0.2, -0.15) is 0 Å². The van der Waals surface area contributed by atoms with E-state index in [1.54, 1.807) is 0 Å². The second kappa shape index (κ2) is 6.70. The monoisotopic (exact) mass is 275 g/mol. The molecule has 0 unspecified atom stereocenters. The lowest BCUT2D eigenvalue weighted by molar-refractivity contribution is 0.0693. The quantitative estimate of drug-likeness (QED) is 0.888. The molecule has 0 saturated carbocycles. The van der Waals surface area contributed by atoms with E-state index in [0.717, 1.165) is 39.3 Å². The maximum Gasteiger partial charge on any atom is 0.0281 e. The van der Waals surface area contributed by atoms with Crippen LogP contribution in [-0.2, 0) is 6.54 Å². The summed E-state index contributed by atoms with van der Waals surface area (Å²) in [6.45, 7) is 13.6. The zero-order chi connectivity index (χ0) is 14.6. The lowest BCUT2D eigenvalue weighted by Crippen LogP contribution is -2.57. The van der Waals surface area contributed by atoms with Crippen LogP contribution in [0.3, 0.4) is 0 Å². The van der Waals surface area contributed by atoms with Gasteiger partial charge in [-0.3, -0.25) is 4.90 Å². The van der Waals surface area contributed by atoms with Crippen LogP contribution in [0.2, 0.25) is 0 Å². The predicted molar refractivity (Wildman–Crippen MR) is 86.0 cm³/mol. The first-order valence-corrected chi connectivity index (χ1v) is 7.68. The van der Waals surface area contributed by atoms with Crippen molar-refractivity contribution < 1.29 is 0 Å². The van der Waals surface area contributed by atoms with E-state index < -0.39 is 0 Å². The predicted octanol–water partition coefficient (Wildman–Crippen LogP) is 2.11. The van der Waals surface area contributed by atoms with Crippen LogP contribution in [-0.4, -0.2) is 55.1 Å². The molecule has 0 spiro atoms. The van der Waals surface area contributed by atoms with E-state index in [2.05, 4.69) is 67.2 Å². The van der Waals surface area contributed by atoms with E-state index in [1.165, 1.54) is 11.1 Å². The molecule has 1 aliphatic heterocycles. The number of rotatable bonds is 5. The van der Waals surface area contributed by atoms with Gasteiger partial charge < -0.3 is 10.2 Å². The number of piperazine rings is 1. The van der Waals surface area contributed by atoms with Crippen molar-refractivity contribution in [1.29, 1.82) is 0 Å².